The summed E-state index contributed by atoms with van der Waals surface area (Å²) in [5, 5.41) is 3.32. The molecule has 1 amide bonds. The number of nitrogens with zero attached hydrogens (tertiary/aromatic N) is 3. The number of likely N-dealkylation sites (tertiary alicyclic amines) is 2. The van der Waals surface area contributed by atoms with Crippen LogP contribution in [-0.2, 0) is 4.79 Å². The van der Waals surface area contributed by atoms with Gasteiger partial charge in [0.2, 0.25) is 5.91 Å². The highest BCUT2D eigenvalue weighted by Gasteiger charge is 2.25. The Morgan fingerprint density at radius 3 is 2.79 bits per heavy atom. The van der Waals surface area contributed by atoms with Gasteiger partial charge in [-0.25, -0.2) is 0 Å². The average Bonchev–Trinajstić information content (AvgIpc) is 3.42. The average molecular weight is 393 g/mol. The standard InChI is InChI=1S/C22H27N5O2/c28-21(4-3-12-26-10-1-2-11-26)27-13-7-19(16-27)25-20-14-18(15-24-22(20)29)17-5-8-23-9-6-17/h3-6,8-9,14-15,19,25H,1-2,7,10-13,16H2,(H,24,29)/b4-3+/t19-/m1/s1. The molecule has 2 aliphatic rings. The van der Waals surface area contributed by atoms with Gasteiger partial charge < -0.3 is 15.2 Å². The monoisotopic (exact) mass is 393 g/mol. The maximum atomic E-state index is 12.4. The third kappa shape index (κ3) is 4.92. The molecule has 0 saturated carbocycles. The van der Waals surface area contributed by atoms with Gasteiger partial charge >= 0.3 is 0 Å². The van der Waals surface area contributed by atoms with Gasteiger partial charge in [0.1, 0.15) is 5.69 Å². The van der Waals surface area contributed by atoms with Crippen molar-refractivity contribution < 1.29 is 4.79 Å². The zero-order valence-corrected chi connectivity index (χ0v) is 16.5. The lowest BCUT2D eigenvalue weighted by Gasteiger charge is -2.16. The lowest BCUT2D eigenvalue weighted by Crippen LogP contribution is -2.31. The molecule has 2 fully saturated rings. The van der Waals surface area contributed by atoms with E-state index in [4.69, 9.17) is 0 Å². The molecule has 0 spiro atoms. The quantitative estimate of drug-likeness (QED) is 0.735. The van der Waals surface area contributed by atoms with Crippen molar-refractivity contribution in [2.75, 3.05) is 38.0 Å². The Bertz CT molecular complexity index is 918. The summed E-state index contributed by atoms with van der Waals surface area (Å²) in [4.78, 5) is 35.7. The van der Waals surface area contributed by atoms with E-state index in [1.807, 2.05) is 29.2 Å². The topological polar surface area (TPSA) is 81.3 Å². The minimum Gasteiger partial charge on any atom is -0.376 e. The molecular formula is C22H27N5O2. The second-order valence-corrected chi connectivity index (χ2v) is 7.69. The first-order valence-corrected chi connectivity index (χ1v) is 10.3. The molecule has 1 atom stereocenters. The number of hydrogen-bond donors (Lipinski definition) is 2. The molecule has 0 aliphatic carbocycles. The Balaban J connectivity index is 1.34. The zero-order chi connectivity index (χ0) is 20.1. The van der Waals surface area contributed by atoms with Crippen LogP contribution in [0, 0.1) is 0 Å². The summed E-state index contributed by atoms with van der Waals surface area (Å²) in [5.41, 5.74) is 2.29. The minimum absolute atomic E-state index is 0.0490. The fourth-order valence-electron chi connectivity index (χ4n) is 3.97. The van der Waals surface area contributed by atoms with E-state index in [2.05, 4.69) is 20.2 Å². The summed E-state index contributed by atoms with van der Waals surface area (Å²) >= 11 is 0. The van der Waals surface area contributed by atoms with Gasteiger partial charge in [-0.05, 0) is 56.1 Å². The number of hydrogen-bond acceptors (Lipinski definition) is 5. The van der Waals surface area contributed by atoms with Crippen molar-refractivity contribution >= 4 is 11.6 Å². The van der Waals surface area contributed by atoms with Crippen molar-refractivity contribution in [1.29, 1.82) is 0 Å². The third-order valence-electron chi connectivity index (χ3n) is 5.60. The zero-order valence-electron chi connectivity index (χ0n) is 16.5. The van der Waals surface area contributed by atoms with Gasteiger partial charge in [-0.15, -0.1) is 0 Å². The van der Waals surface area contributed by atoms with E-state index >= 15 is 0 Å². The summed E-state index contributed by atoms with van der Waals surface area (Å²) in [5.74, 6) is 0.0490. The molecule has 7 heteroatoms. The van der Waals surface area contributed by atoms with E-state index in [0.29, 0.717) is 18.8 Å². The predicted molar refractivity (Wildman–Crippen MR) is 114 cm³/mol. The first-order valence-electron chi connectivity index (χ1n) is 10.3. The van der Waals surface area contributed by atoms with Crippen LogP contribution in [-0.4, -0.2) is 64.4 Å². The Labute approximate surface area is 170 Å². The fourth-order valence-corrected chi connectivity index (χ4v) is 3.97. The van der Waals surface area contributed by atoms with Crippen LogP contribution in [0.2, 0.25) is 0 Å². The van der Waals surface area contributed by atoms with Crippen LogP contribution in [0.15, 0.2) is 53.7 Å². The SMILES string of the molecule is O=C(/C=C/CN1CCCC1)N1CC[C@@H](Nc2cc(-c3ccncc3)c[nH]c2=O)C1. The molecule has 4 heterocycles. The number of pyridine rings is 2. The van der Waals surface area contributed by atoms with Crippen molar-refractivity contribution in [3.05, 3.63) is 59.3 Å². The fraction of sp³-hybridized carbons (Fsp3) is 0.409. The van der Waals surface area contributed by atoms with Gasteiger partial charge in [-0.3, -0.25) is 19.5 Å². The molecule has 29 heavy (non-hydrogen) atoms. The van der Waals surface area contributed by atoms with Crippen molar-refractivity contribution in [1.82, 2.24) is 19.8 Å². The van der Waals surface area contributed by atoms with Crippen molar-refractivity contribution in [2.45, 2.75) is 25.3 Å². The summed E-state index contributed by atoms with van der Waals surface area (Å²) in [6, 6.07) is 5.73. The number of carbonyl (C=O) groups excluding carboxylic acids is 1. The minimum atomic E-state index is -0.155. The number of carbonyl (C=O) groups is 1. The molecule has 2 saturated heterocycles. The number of aromatic nitrogens is 2. The van der Waals surface area contributed by atoms with Gasteiger partial charge in [0.25, 0.3) is 5.56 Å². The first-order chi connectivity index (χ1) is 14.2. The normalized spacial score (nSPS) is 19.9. The molecule has 2 aromatic heterocycles. The molecule has 7 nitrogen and oxygen atoms in total. The summed E-state index contributed by atoms with van der Waals surface area (Å²) in [6.45, 7) is 4.40. The second kappa shape index (κ2) is 9.05. The van der Waals surface area contributed by atoms with E-state index in [-0.39, 0.29) is 17.5 Å². The van der Waals surface area contributed by atoms with Crippen LogP contribution in [0.4, 0.5) is 5.69 Å². The van der Waals surface area contributed by atoms with Crippen LogP contribution in [0.25, 0.3) is 11.1 Å². The predicted octanol–water partition coefficient (Wildman–Crippen LogP) is 2.10. The Hall–Kier alpha value is -2.93. The van der Waals surface area contributed by atoms with Gasteiger partial charge in [-0.1, -0.05) is 6.08 Å². The van der Waals surface area contributed by atoms with E-state index in [0.717, 1.165) is 37.2 Å². The molecule has 0 aromatic carbocycles. The summed E-state index contributed by atoms with van der Waals surface area (Å²) in [7, 11) is 0. The highest BCUT2D eigenvalue weighted by molar-refractivity contribution is 5.87. The molecule has 4 rings (SSSR count). The molecule has 0 radical (unpaired) electrons. The number of nitrogens with one attached hydrogen (secondary N) is 2. The van der Waals surface area contributed by atoms with Gasteiger partial charge in [0, 0.05) is 55.9 Å². The van der Waals surface area contributed by atoms with E-state index in [9.17, 15) is 9.59 Å². The van der Waals surface area contributed by atoms with Gasteiger partial charge in [0.05, 0.1) is 0 Å². The van der Waals surface area contributed by atoms with Crippen molar-refractivity contribution in [3.8, 4) is 11.1 Å². The maximum absolute atomic E-state index is 12.4. The number of amides is 1. The number of aromatic amines is 1. The van der Waals surface area contributed by atoms with Crippen LogP contribution < -0.4 is 10.9 Å². The van der Waals surface area contributed by atoms with E-state index < -0.39 is 0 Å². The van der Waals surface area contributed by atoms with Crippen molar-refractivity contribution in [2.24, 2.45) is 0 Å². The molecule has 152 valence electrons. The van der Waals surface area contributed by atoms with E-state index in [1.54, 1.807) is 24.7 Å². The third-order valence-corrected chi connectivity index (χ3v) is 5.60. The van der Waals surface area contributed by atoms with Crippen LogP contribution in [0.1, 0.15) is 19.3 Å². The molecule has 2 aromatic rings. The first kappa shape index (κ1) is 19.4. The van der Waals surface area contributed by atoms with Gasteiger partial charge in [0.15, 0.2) is 0 Å². The second-order valence-electron chi connectivity index (χ2n) is 7.69. The number of rotatable bonds is 6. The highest BCUT2D eigenvalue weighted by atomic mass is 16.2. The summed E-state index contributed by atoms with van der Waals surface area (Å²) < 4.78 is 0. The Morgan fingerprint density at radius 2 is 2.00 bits per heavy atom. The summed E-state index contributed by atoms with van der Waals surface area (Å²) in [6.07, 6.45) is 12.2. The smallest absolute Gasteiger partial charge is 0.271 e. The van der Waals surface area contributed by atoms with Gasteiger partial charge in [-0.2, -0.15) is 0 Å². The highest BCUT2D eigenvalue weighted by Crippen LogP contribution is 2.20. The maximum Gasteiger partial charge on any atom is 0.271 e. The molecular weight excluding hydrogens is 366 g/mol. The largest absolute Gasteiger partial charge is 0.376 e. The van der Waals surface area contributed by atoms with E-state index in [1.165, 1.54) is 12.8 Å². The van der Waals surface area contributed by atoms with Crippen LogP contribution in [0.3, 0.4) is 0 Å². The number of anilines is 1. The Morgan fingerprint density at radius 1 is 1.21 bits per heavy atom. The molecule has 2 aliphatic heterocycles. The van der Waals surface area contributed by atoms with Crippen LogP contribution >= 0.6 is 0 Å². The number of H-pyrrole nitrogens is 1. The van der Waals surface area contributed by atoms with Crippen LogP contribution in [0.5, 0.6) is 0 Å². The van der Waals surface area contributed by atoms with Crippen molar-refractivity contribution in [3.63, 3.8) is 0 Å². The Kier molecular flexibility index (Phi) is 6.05. The molecule has 2 N–H and O–H groups in total. The lowest BCUT2D eigenvalue weighted by molar-refractivity contribution is -0.125. The lowest BCUT2D eigenvalue weighted by atomic mass is 10.1. The molecule has 0 unspecified atom stereocenters. The molecule has 0 bridgehead atoms.